The Hall–Kier alpha value is -1.88. The van der Waals surface area contributed by atoms with Gasteiger partial charge in [-0.05, 0) is 54.8 Å². The van der Waals surface area contributed by atoms with E-state index in [2.05, 4.69) is 35.4 Å². The van der Waals surface area contributed by atoms with Gasteiger partial charge in [0.15, 0.2) is 0 Å². The molecule has 1 aliphatic rings. The van der Waals surface area contributed by atoms with E-state index in [1.54, 1.807) is 0 Å². The van der Waals surface area contributed by atoms with E-state index in [1.165, 1.54) is 0 Å². The van der Waals surface area contributed by atoms with Crippen LogP contribution in [-0.2, 0) is 0 Å². The molecule has 1 aliphatic heterocycles. The van der Waals surface area contributed by atoms with Crippen LogP contribution in [0, 0.1) is 6.92 Å². The number of aryl methyl sites for hydroxylation is 1. The van der Waals surface area contributed by atoms with E-state index in [4.69, 9.17) is 4.74 Å². The van der Waals surface area contributed by atoms with Crippen molar-refractivity contribution in [2.45, 2.75) is 25.6 Å². The fraction of sp³-hybridized carbons (Fsp3) is 0.286. The first-order chi connectivity index (χ1) is 12.2. The molecule has 1 aromatic heterocycles. The first-order valence-corrected chi connectivity index (χ1v) is 8.68. The van der Waals surface area contributed by atoms with Crippen molar-refractivity contribution in [3.63, 3.8) is 0 Å². The first-order valence-electron chi connectivity index (χ1n) is 8.68. The van der Waals surface area contributed by atoms with Gasteiger partial charge >= 0.3 is 0 Å². The molecule has 3 nitrogen and oxygen atoms in total. The summed E-state index contributed by atoms with van der Waals surface area (Å²) in [6.07, 6.45) is 1.20. The maximum Gasteiger partial charge on any atom is 0.149 e. The highest BCUT2D eigenvalue weighted by Gasteiger charge is 2.26. The van der Waals surface area contributed by atoms with E-state index < -0.39 is 6.17 Å². The Balaban J connectivity index is 0.00000131. The second-order valence-corrected chi connectivity index (χ2v) is 6.50. The van der Waals surface area contributed by atoms with E-state index in [9.17, 15) is 4.39 Å². The van der Waals surface area contributed by atoms with Gasteiger partial charge in [-0.15, -0.1) is 24.8 Å². The quantitative estimate of drug-likeness (QED) is 0.651. The van der Waals surface area contributed by atoms with Crippen molar-refractivity contribution >= 4 is 35.7 Å². The summed E-state index contributed by atoms with van der Waals surface area (Å²) < 4.78 is 19.7. The average Bonchev–Trinajstić information content (AvgIpc) is 2.65. The fourth-order valence-electron chi connectivity index (χ4n) is 3.42. The van der Waals surface area contributed by atoms with Crippen LogP contribution in [0.3, 0.4) is 0 Å². The summed E-state index contributed by atoms with van der Waals surface area (Å²) in [5, 5.41) is 4.18. The van der Waals surface area contributed by atoms with Crippen molar-refractivity contribution in [3.05, 3.63) is 60.3 Å². The minimum atomic E-state index is -0.956. The molecule has 0 unspecified atom stereocenters. The van der Waals surface area contributed by atoms with Gasteiger partial charge in [-0.1, -0.05) is 30.3 Å². The minimum absolute atomic E-state index is 0. The maximum atomic E-state index is 13.9. The van der Waals surface area contributed by atoms with E-state index in [0.29, 0.717) is 13.0 Å². The molecule has 0 spiro atoms. The Bertz CT molecular complexity index is 889. The zero-order valence-corrected chi connectivity index (χ0v) is 16.7. The van der Waals surface area contributed by atoms with Gasteiger partial charge in [-0.3, -0.25) is 4.98 Å². The van der Waals surface area contributed by atoms with E-state index >= 15 is 0 Å². The van der Waals surface area contributed by atoms with Gasteiger partial charge in [-0.25, -0.2) is 4.39 Å². The van der Waals surface area contributed by atoms with E-state index in [-0.39, 0.29) is 30.9 Å². The third-order valence-electron chi connectivity index (χ3n) is 4.83. The third kappa shape index (κ3) is 4.52. The number of rotatable bonds is 3. The molecule has 2 aromatic carbocycles. The molecule has 2 atom stereocenters. The van der Waals surface area contributed by atoms with Crippen LogP contribution in [-0.4, -0.2) is 30.3 Å². The number of hydrogen-bond acceptors (Lipinski definition) is 3. The zero-order chi connectivity index (χ0) is 17.2. The largest absolute Gasteiger partial charge is 0.487 e. The Morgan fingerprint density at radius 2 is 1.85 bits per heavy atom. The standard InChI is InChI=1S/C21H21FN2O.2ClH/c1-14-18(9-6-16-3-2-11-24-21(14)16)15-4-7-17(8-5-15)25-20-10-12-23-13-19(20)22;;/h2-9,11,19-20,23H,10,12-13H2,1H3;2*1H/t19-,20+;;/m0../s1. The van der Waals surface area contributed by atoms with Crippen LogP contribution in [0.1, 0.15) is 12.0 Å². The average molecular weight is 409 g/mol. The summed E-state index contributed by atoms with van der Waals surface area (Å²) in [6, 6.07) is 16.1. The second kappa shape index (κ2) is 9.36. The Kier molecular flexibility index (Phi) is 7.42. The van der Waals surface area contributed by atoms with Gasteiger partial charge < -0.3 is 10.1 Å². The van der Waals surface area contributed by atoms with Crippen molar-refractivity contribution in [1.29, 1.82) is 0 Å². The molecule has 0 bridgehead atoms. The topological polar surface area (TPSA) is 34.1 Å². The molecule has 1 N–H and O–H groups in total. The summed E-state index contributed by atoms with van der Waals surface area (Å²) in [5.41, 5.74) is 4.45. The number of alkyl halides is 1. The lowest BCUT2D eigenvalue weighted by Gasteiger charge is -2.27. The van der Waals surface area contributed by atoms with E-state index in [1.807, 2.05) is 36.5 Å². The number of halogens is 3. The lowest BCUT2D eigenvalue weighted by molar-refractivity contribution is 0.0732. The van der Waals surface area contributed by atoms with Crippen molar-refractivity contribution in [2.75, 3.05) is 13.1 Å². The van der Waals surface area contributed by atoms with Gasteiger partial charge in [0, 0.05) is 18.1 Å². The van der Waals surface area contributed by atoms with Crippen molar-refractivity contribution in [2.24, 2.45) is 0 Å². The number of ether oxygens (including phenoxy) is 1. The SMILES string of the molecule is Cc1c(-c2ccc(O[C@@H]3CCNC[C@@H]3F)cc2)ccc2cccnc12.Cl.Cl. The Labute approximate surface area is 171 Å². The van der Waals surface area contributed by atoms with Crippen molar-refractivity contribution < 1.29 is 9.13 Å². The number of fused-ring (bicyclic) bond motifs is 1. The molecule has 144 valence electrons. The zero-order valence-electron chi connectivity index (χ0n) is 15.0. The van der Waals surface area contributed by atoms with Crippen molar-refractivity contribution in [1.82, 2.24) is 10.3 Å². The summed E-state index contributed by atoms with van der Waals surface area (Å²) >= 11 is 0. The van der Waals surface area contributed by atoms with Gasteiger partial charge in [0.2, 0.25) is 0 Å². The number of piperidine rings is 1. The third-order valence-corrected chi connectivity index (χ3v) is 4.83. The minimum Gasteiger partial charge on any atom is -0.487 e. The maximum absolute atomic E-state index is 13.9. The van der Waals surface area contributed by atoms with Crippen LogP contribution >= 0.6 is 24.8 Å². The summed E-state index contributed by atoms with van der Waals surface area (Å²) in [5.74, 6) is 0.717. The molecule has 0 amide bonds. The molecular formula is C21H23Cl2FN2O. The van der Waals surface area contributed by atoms with Crippen LogP contribution < -0.4 is 10.1 Å². The fourth-order valence-corrected chi connectivity index (χ4v) is 3.42. The summed E-state index contributed by atoms with van der Waals surface area (Å²) in [7, 11) is 0. The van der Waals surface area contributed by atoms with Gasteiger partial charge in [0.1, 0.15) is 18.0 Å². The molecule has 0 saturated carbocycles. The van der Waals surface area contributed by atoms with Crippen LogP contribution in [0.2, 0.25) is 0 Å². The molecule has 6 heteroatoms. The molecule has 27 heavy (non-hydrogen) atoms. The highest BCUT2D eigenvalue weighted by atomic mass is 35.5. The van der Waals surface area contributed by atoms with Crippen LogP contribution in [0.25, 0.3) is 22.0 Å². The van der Waals surface area contributed by atoms with E-state index in [0.717, 1.165) is 39.9 Å². The molecule has 1 saturated heterocycles. The molecular weight excluding hydrogens is 386 g/mol. The number of aromatic nitrogens is 1. The monoisotopic (exact) mass is 408 g/mol. The number of pyridine rings is 1. The lowest BCUT2D eigenvalue weighted by Crippen LogP contribution is -2.44. The number of nitrogens with zero attached hydrogens (tertiary/aromatic N) is 1. The predicted octanol–water partition coefficient (Wildman–Crippen LogP) is 5.13. The normalized spacial score (nSPS) is 19.0. The van der Waals surface area contributed by atoms with Gasteiger partial charge in [-0.2, -0.15) is 0 Å². The van der Waals surface area contributed by atoms with Crippen LogP contribution in [0.4, 0.5) is 4.39 Å². The molecule has 1 fully saturated rings. The summed E-state index contributed by atoms with van der Waals surface area (Å²) in [6.45, 7) is 3.26. The molecule has 4 rings (SSSR count). The molecule has 3 aromatic rings. The molecule has 2 heterocycles. The number of benzene rings is 2. The van der Waals surface area contributed by atoms with Crippen LogP contribution in [0.5, 0.6) is 5.75 Å². The second-order valence-electron chi connectivity index (χ2n) is 6.50. The van der Waals surface area contributed by atoms with Crippen molar-refractivity contribution in [3.8, 4) is 16.9 Å². The van der Waals surface area contributed by atoms with Gasteiger partial charge in [0.25, 0.3) is 0 Å². The molecule has 0 radical (unpaired) electrons. The first kappa shape index (κ1) is 21.4. The smallest absolute Gasteiger partial charge is 0.149 e. The van der Waals surface area contributed by atoms with Crippen LogP contribution in [0.15, 0.2) is 54.7 Å². The molecule has 0 aliphatic carbocycles. The number of nitrogens with one attached hydrogen (secondary N) is 1. The predicted molar refractivity (Wildman–Crippen MR) is 113 cm³/mol. The van der Waals surface area contributed by atoms with Gasteiger partial charge in [0.05, 0.1) is 5.52 Å². The number of hydrogen-bond donors (Lipinski definition) is 1. The lowest BCUT2D eigenvalue weighted by atomic mass is 9.98. The summed E-state index contributed by atoms with van der Waals surface area (Å²) in [4.78, 5) is 4.50. The highest BCUT2D eigenvalue weighted by molar-refractivity contribution is 5.88. The highest BCUT2D eigenvalue weighted by Crippen LogP contribution is 2.30. The Morgan fingerprint density at radius 1 is 1.07 bits per heavy atom. The Morgan fingerprint density at radius 3 is 2.59 bits per heavy atom.